The fourth-order valence-electron chi connectivity index (χ4n) is 1.14. The van der Waals surface area contributed by atoms with Gasteiger partial charge in [0.25, 0.3) is 0 Å². The first-order valence-electron chi connectivity index (χ1n) is 3.23. The molecule has 1 aliphatic heterocycles. The maximum Gasteiger partial charge on any atom is 0.151 e. The molecule has 0 spiro atoms. The second kappa shape index (κ2) is 2.20. The summed E-state index contributed by atoms with van der Waals surface area (Å²) < 4.78 is 0. The average Bonchev–Trinajstić information content (AvgIpc) is 2.44. The van der Waals surface area contributed by atoms with Gasteiger partial charge in [-0.25, -0.2) is 0 Å². The van der Waals surface area contributed by atoms with E-state index in [4.69, 9.17) is 0 Å². The Morgan fingerprint density at radius 1 is 1.60 bits per heavy atom. The lowest BCUT2D eigenvalue weighted by atomic mass is 10.3. The lowest BCUT2D eigenvalue weighted by Gasteiger charge is -1.93. The summed E-state index contributed by atoms with van der Waals surface area (Å²) in [7, 11) is 1.90. The van der Waals surface area contributed by atoms with Crippen LogP contribution in [0.3, 0.4) is 0 Å². The van der Waals surface area contributed by atoms with Crippen LogP contribution in [0.15, 0.2) is 0 Å². The quantitative estimate of drug-likeness (QED) is 0.640. The van der Waals surface area contributed by atoms with Crippen molar-refractivity contribution in [3.8, 4) is 0 Å². The van der Waals surface area contributed by atoms with Crippen LogP contribution < -0.4 is 5.32 Å². The molecule has 0 saturated heterocycles. The van der Waals surface area contributed by atoms with Crippen molar-refractivity contribution < 1.29 is 0 Å². The van der Waals surface area contributed by atoms with Gasteiger partial charge in [-0.15, -0.1) is 0 Å². The zero-order valence-electron chi connectivity index (χ0n) is 5.77. The molecule has 0 atom stereocenters. The first-order chi connectivity index (χ1) is 4.92. The third kappa shape index (κ3) is 0.718. The van der Waals surface area contributed by atoms with Gasteiger partial charge in [0.1, 0.15) is 0 Å². The molecule has 0 amide bonds. The van der Waals surface area contributed by atoms with Gasteiger partial charge in [-0.05, 0) is 0 Å². The van der Waals surface area contributed by atoms with Crippen molar-refractivity contribution in [3.05, 3.63) is 11.3 Å². The molecule has 4 heteroatoms. The zero-order valence-corrected chi connectivity index (χ0v) is 6.59. The summed E-state index contributed by atoms with van der Waals surface area (Å²) in [6.45, 7) is 0. The van der Waals surface area contributed by atoms with Crippen molar-refractivity contribution in [1.82, 2.24) is 10.2 Å². The summed E-state index contributed by atoms with van der Waals surface area (Å²) in [6.07, 6.45) is 0. The maximum absolute atomic E-state index is 4.11. The van der Waals surface area contributed by atoms with Crippen LogP contribution >= 0.6 is 11.8 Å². The summed E-state index contributed by atoms with van der Waals surface area (Å²) in [5, 5.41) is 10.2. The number of hydrogen-bond acceptors (Lipinski definition) is 3. The molecular weight excluding hydrogens is 146 g/mol. The van der Waals surface area contributed by atoms with E-state index in [1.807, 2.05) is 18.8 Å². The molecule has 0 aliphatic carbocycles. The number of H-pyrrole nitrogens is 1. The van der Waals surface area contributed by atoms with E-state index in [9.17, 15) is 0 Å². The van der Waals surface area contributed by atoms with Crippen LogP contribution in [-0.4, -0.2) is 17.2 Å². The van der Waals surface area contributed by atoms with Crippen molar-refractivity contribution >= 4 is 17.6 Å². The van der Waals surface area contributed by atoms with Crippen LogP contribution in [-0.2, 0) is 11.5 Å². The smallest absolute Gasteiger partial charge is 0.151 e. The Hall–Kier alpha value is -0.640. The van der Waals surface area contributed by atoms with Gasteiger partial charge in [0.15, 0.2) is 5.82 Å². The number of hydrogen-bond donors (Lipinski definition) is 2. The van der Waals surface area contributed by atoms with E-state index in [2.05, 4.69) is 15.5 Å². The van der Waals surface area contributed by atoms with Gasteiger partial charge < -0.3 is 5.32 Å². The van der Waals surface area contributed by atoms with E-state index >= 15 is 0 Å². The number of nitrogens with one attached hydrogen (secondary N) is 2. The fourth-order valence-corrected chi connectivity index (χ4v) is 2.20. The first kappa shape index (κ1) is 6.09. The van der Waals surface area contributed by atoms with Gasteiger partial charge in [0, 0.05) is 24.1 Å². The van der Waals surface area contributed by atoms with E-state index in [1.54, 1.807) is 0 Å². The molecule has 1 aromatic rings. The van der Waals surface area contributed by atoms with Crippen LogP contribution in [0.1, 0.15) is 11.3 Å². The lowest BCUT2D eigenvalue weighted by Crippen LogP contribution is -1.90. The monoisotopic (exact) mass is 155 g/mol. The Morgan fingerprint density at radius 2 is 2.50 bits per heavy atom. The average molecular weight is 155 g/mol. The van der Waals surface area contributed by atoms with E-state index in [-0.39, 0.29) is 0 Å². The molecule has 0 saturated carbocycles. The number of anilines is 1. The Kier molecular flexibility index (Phi) is 1.34. The Bertz CT molecular complexity index is 243. The molecule has 2 heterocycles. The van der Waals surface area contributed by atoms with Crippen LogP contribution in [0.5, 0.6) is 0 Å². The van der Waals surface area contributed by atoms with Crippen LogP contribution in [0, 0.1) is 0 Å². The van der Waals surface area contributed by atoms with E-state index in [0.717, 1.165) is 17.3 Å². The van der Waals surface area contributed by atoms with Gasteiger partial charge in [0.05, 0.1) is 5.69 Å². The minimum atomic E-state index is 1.01. The minimum Gasteiger partial charge on any atom is -0.371 e. The number of fused-ring (bicyclic) bond motifs is 1. The Morgan fingerprint density at radius 3 is 3.30 bits per heavy atom. The highest BCUT2D eigenvalue weighted by Gasteiger charge is 2.17. The zero-order chi connectivity index (χ0) is 6.97. The number of aromatic nitrogens is 2. The first-order valence-corrected chi connectivity index (χ1v) is 4.39. The molecule has 0 unspecified atom stereocenters. The Balaban J connectivity index is 2.44. The molecule has 0 aromatic carbocycles. The molecular formula is C6H9N3S. The topological polar surface area (TPSA) is 40.7 Å². The van der Waals surface area contributed by atoms with Crippen molar-refractivity contribution in [3.63, 3.8) is 0 Å². The highest BCUT2D eigenvalue weighted by molar-refractivity contribution is 7.98. The third-order valence-corrected chi connectivity index (χ3v) is 2.67. The van der Waals surface area contributed by atoms with E-state index < -0.39 is 0 Å². The number of aromatic amines is 1. The second-order valence-electron chi connectivity index (χ2n) is 2.27. The van der Waals surface area contributed by atoms with Crippen LogP contribution in [0.25, 0.3) is 0 Å². The summed E-state index contributed by atoms with van der Waals surface area (Å²) in [6, 6.07) is 0. The largest absolute Gasteiger partial charge is 0.371 e. The molecule has 3 nitrogen and oxygen atoms in total. The van der Waals surface area contributed by atoms with Gasteiger partial charge in [-0.3, -0.25) is 5.10 Å². The van der Waals surface area contributed by atoms with E-state index in [0.29, 0.717) is 0 Å². The predicted octanol–water partition coefficient (Wildman–Crippen LogP) is 1.20. The van der Waals surface area contributed by atoms with Crippen molar-refractivity contribution in [2.75, 3.05) is 12.4 Å². The van der Waals surface area contributed by atoms with E-state index in [1.165, 1.54) is 11.3 Å². The third-order valence-electron chi connectivity index (χ3n) is 1.68. The minimum absolute atomic E-state index is 1.01. The fraction of sp³-hybridized carbons (Fsp3) is 0.500. The molecule has 54 valence electrons. The number of nitrogens with zero attached hydrogens (tertiary/aromatic N) is 1. The second-order valence-corrected chi connectivity index (χ2v) is 3.26. The molecule has 2 rings (SSSR count). The van der Waals surface area contributed by atoms with Gasteiger partial charge >= 0.3 is 0 Å². The maximum atomic E-state index is 4.11. The van der Waals surface area contributed by atoms with Crippen molar-refractivity contribution in [2.45, 2.75) is 11.5 Å². The SMILES string of the molecule is CNc1n[nH]c2c1CSC2. The van der Waals surface area contributed by atoms with Crippen LogP contribution in [0.2, 0.25) is 0 Å². The molecule has 0 fully saturated rings. The highest BCUT2D eigenvalue weighted by atomic mass is 32.2. The molecule has 1 aliphatic rings. The standard InChI is InChI=1S/C6H9N3S/c1-7-6-4-2-10-3-5(4)8-9-6/h2-3H2,1H3,(H2,7,8,9). The van der Waals surface area contributed by atoms with Crippen LogP contribution in [0.4, 0.5) is 5.82 Å². The summed E-state index contributed by atoms with van der Waals surface area (Å²) >= 11 is 1.93. The summed E-state index contributed by atoms with van der Waals surface area (Å²) in [5.41, 5.74) is 2.64. The molecule has 1 aromatic heterocycles. The lowest BCUT2D eigenvalue weighted by molar-refractivity contribution is 1.04. The predicted molar refractivity (Wildman–Crippen MR) is 43.1 cm³/mol. The summed E-state index contributed by atoms with van der Waals surface area (Å²) in [4.78, 5) is 0. The molecule has 0 bridgehead atoms. The number of thioether (sulfide) groups is 1. The molecule has 2 N–H and O–H groups in total. The van der Waals surface area contributed by atoms with Gasteiger partial charge in [0.2, 0.25) is 0 Å². The normalized spacial score (nSPS) is 15.3. The van der Waals surface area contributed by atoms with Gasteiger partial charge in [-0.2, -0.15) is 16.9 Å². The molecule has 0 radical (unpaired) electrons. The van der Waals surface area contributed by atoms with Gasteiger partial charge in [-0.1, -0.05) is 0 Å². The molecule has 10 heavy (non-hydrogen) atoms. The van der Waals surface area contributed by atoms with Crippen molar-refractivity contribution in [2.24, 2.45) is 0 Å². The van der Waals surface area contributed by atoms with Crippen molar-refractivity contribution in [1.29, 1.82) is 0 Å². The summed E-state index contributed by atoms with van der Waals surface area (Å²) in [5.74, 6) is 3.20. The Labute approximate surface area is 63.6 Å². The number of rotatable bonds is 1. The highest BCUT2D eigenvalue weighted by Crippen LogP contribution is 2.32.